The van der Waals surface area contributed by atoms with Gasteiger partial charge >= 0.3 is 6.18 Å². The van der Waals surface area contributed by atoms with E-state index in [1.165, 1.54) is 12.1 Å². The topological polar surface area (TPSA) is 32.7 Å². The fraction of sp³-hybridized carbons (Fsp3) is 0.571. The third kappa shape index (κ3) is 3.50. The number of rotatable bonds is 5. The summed E-state index contributed by atoms with van der Waals surface area (Å²) in [6.07, 6.45) is -4.30. The van der Waals surface area contributed by atoms with Gasteiger partial charge in [-0.15, -0.1) is 0 Å². The highest BCUT2D eigenvalue weighted by Gasteiger charge is 2.38. The highest BCUT2D eigenvalue weighted by atomic mass is 19.4. The standard InChI is InChI=1S/C14H18F3NO2/c1-18(7-13(8-19)9-20-10-13)6-11-2-4-12(5-3-11)14(15,16)17/h2-5,19H,6-10H2,1H3. The lowest BCUT2D eigenvalue weighted by Gasteiger charge is -2.42. The second-order valence-corrected chi connectivity index (χ2v) is 5.52. The van der Waals surface area contributed by atoms with Gasteiger partial charge in [-0.1, -0.05) is 12.1 Å². The molecule has 1 heterocycles. The van der Waals surface area contributed by atoms with Crippen molar-refractivity contribution in [1.29, 1.82) is 0 Å². The van der Waals surface area contributed by atoms with Gasteiger partial charge in [0.2, 0.25) is 0 Å². The van der Waals surface area contributed by atoms with Crippen molar-refractivity contribution >= 4 is 0 Å². The van der Waals surface area contributed by atoms with Crippen LogP contribution in [-0.2, 0) is 17.5 Å². The molecule has 0 radical (unpaired) electrons. The minimum atomic E-state index is -4.30. The van der Waals surface area contributed by atoms with Gasteiger partial charge in [0.15, 0.2) is 0 Å². The number of ether oxygens (including phenoxy) is 1. The highest BCUT2D eigenvalue weighted by Crippen LogP contribution is 2.30. The first-order chi connectivity index (χ1) is 9.35. The summed E-state index contributed by atoms with van der Waals surface area (Å²) in [5.74, 6) is 0. The first-order valence-corrected chi connectivity index (χ1v) is 6.38. The molecule has 0 bridgehead atoms. The van der Waals surface area contributed by atoms with E-state index < -0.39 is 11.7 Å². The molecule has 3 nitrogen and oxygen atoms in total. The van der Waals surface area contributed by atoms with Crippen LogP contribution in [0.5, 0.6) is 0 Å². The number of benzene rings is 1. The summed E-state index contributed by atoms with van der Waals surface area (Å²) in [4.78, 5) is 1.99. The van der Waals surface area contributed by atoms with Crippen LogP contribution in [0.4, 0.5) is 13.2 Å². The third-order valence-corrected chi connectivity index (χ3v) is 3.49. The molecule has 0 saturated carbocycles. The van der Waals surface area contributed by atoms with E-state index in [2.05, 4.69) is 0 Å². The number of aliphatic hydroxyl groups is 1. The fourth-order valence-electron chi connectivity index (χ4n) is 2.36. The van der Waals surface area contributed by atoms with Gasteiger partial charge in [-0.2, -0.15) is 13.2 Å². The molecule has 1 aliphatic heterocycles. The molecule has 0 amide bonds. The summed E-state index contributed by atoms with van der Waals surface area (Å²) in [6, 6.07) is 5.17. The number of alkyl halides is 3. The zero-order chi connectivity index (χ0) is 14.8. The van der Waals surface area contributed by atoms with Gasteiger partial charge in [0, 0.05) is 13.1 Å². The molecule has 112 valence electrons. The van der Waals surface area contributed by atoms with E-state index >= 15 is 0 Å². The van der Waals surface area contributed by atoms with E-state index in [-0.39, 0.29) is 12.0 Å². The van der Waals surface area contributed by atoms with Crippen molar-refractivity contribution in [2.75, 3.05) is 33.4 Å². The molecule has 0 spiro atoms. The molecule has 0 atom stereocenters. The fourth-order valence-corrected chi connectivity index (χ4v) is 2.36. The Balaban J connectivity index is 1.93. The number of hydrogen-bond acceptors (Lipinski definition) is 3. The van der Waals surface area contributed by atoms with E-state index in [4.69, 9.17) is 4.74 Å². The van der Waals surface area contributed by atoms with E-state index in [1.54, 1.807) is 0 Å². The van der Waals surface area contributed by atoms with Crippen molar-refractivity contribution in [3.05, 3.63) is 35.4 Å². The minimum Gasteiger partial charge on any atom is -0.396 e. The Kier molecular flexibility index (Phi) is 4.36. The molecule has 0 aliphatic carbocycles. The van der Waals surface area contributed by atoms with Crippen molar-refractivity contribution in [2.45, 2.75) is 12.7 Å². The van der Waals surface area contributed by atoms with Crippen molar-refractivity contribution in [3.63, 3.8) is 0 Å². The molecular weight excluding hydrogens is 271 g/mol. The summed E-state index contributed by atoms with van der Waals surface area (Å²) in [6.45, 7) is 2.32. The van der Waals surface area contributed by atoms with Crippen molar-refractivity contribution in [2.24, 2.45) is 5.41 Å². The monoisotopic (exact) mass is 289 g/mol. The number of halogens is 3. The lowest BCUT2D eigenvalue weighted by Crippen LogP contribution is -2.52. The van der Waals surface area contributed by atoms with Gasteiger partial charge in [0.05, 0.1) is 30.8 Å². The maximum atomic E-state index is 12.5. The van der Waals surface area contributed by atoms with Crippen molar-refractivity contribution in [3.8, 4) is 0 Å². The van der Waals surface area contributed by atoms with Crippen molar-refractivity contribution in [1.82, 2.24) is 4.90 Å². The Labute approximate surface area is 116 Å². The Hall–Kier alpha value is -1.11. The number of aliphatic hydroxyl groups excluding tert-OH is 1. The van der Waals surface area contributed by atoms with E-state index in [9.17, 15) is 18.3 Å². The van der Waals surface area contributed by atoms with Gasteiger partial charge in [0.1, 0.15) is 0 Å². The summed E-state index contributed by atoms with van der Waals surface area (Å²) in [5, 5.41) is 9.35. The zero-order valence-corrected chi connectivity index (χ0v) is 11.3. The first kappa shape index (κ1) is 15.3. The Bertz CT molecular complexity index is 435. The summed E-state index contributed by atoms with van der Waals surface area (Å²) in [5.41, 5.74) is -0.0438. The van der Waals surface area contributed by atoms with Crippen LogP contribution in [0, 0.1) is 5.41 Å². The predicted molar refractivity (Wildman–Crippen MR) is 68.1 cm³/mol. The molecule has 1 fully saturated rings. The van der Waals surface area contributed by atoms with Crippen LogP contribution >= 0.6 is 0 Å². The van der Waals surface area contributed by atoms with Crippen LogP contribution in [0.3, 0.4) is 0 Å². The average Bonchev–Trinajstić information content (AvgIpc) is 2.33. The minimum absolute atomic E-state index is 0.0599. The van der Waals surface area contributed by atoms with Crippen LogP contribution in [0.2, 0.25) is 0 Å². The molecule has 1 aliphatic rings. The molecule has 1 aromatic carbocycles. The van der Waals surface area contributed by atoms with E-state index in [1.807, 2.05) is 11.9 Å². The molecule has 0 aromatic heterocycles. The quantitative estimate of drug-likeness (QED) is 0.901. The van der Waals surface area contributed by atoms with Gasteiger partial charge in [-0.3, -0.25) is 0 Å². The van der Waals surface area contributed by atoms with Crippen LogP contribution in [0.25, 0.3) is 0 Å². The molecule has 6 heteroatoms. The Morgan fingerprint density at radius 1 is 1.25 bits per heavy atom. The third-order valence-electron chi connectivity index (χ3n) is 3.49. The largest absolute Gasteiger partial charge is 0.416 e. The normalized spacial score (nSPS) is 18.1. The van der Waals surface area contributed by atoms with Crippen LogP contribution in [0.1, 0.15) is 11.1 Å². The van der Waals surface area contributed by atoms with Crippen LogP contribution in [0.15, 0.2) is 24.3 Å². The second kappa shape index (κ2) is 5.71. The second-order valence-electron chi connectivity index (χ2n) is 5.52. The maximum absolute atomic E-state index is 12.5. The van der Waals surface area contributed by atoms with Crippen molar-refractivity contribution < 1.29 is 23.0 Å². The maximum Gasteiger partial charge on any atom is 0.416 e. The summed E-state index contributed by atoms with van der Waals surface area (Å²) < 4.78 is 42.5. The van der Waals surface area contributed by atoms with Gasteiger partial charge < -0.3 is 14.7 Å². The smallest absolute Gasteiger partial charge is 0.396 e. The molecule has 1 saturated heterocycles. The Morgan fingerprint density at radius 2 is 1.85 bits per heavy atom. The van der Waals surface area contributed by atoms with E-state index in [0.717, 1.165) is 17.7 Å². The number of nitrogens with zero attached hydrogens (tertiary/aromatic N) is 1. The predicted octanol–water partition coefficient (Wildman–Crippen LogP) is 2.15. The van der Waals surface area contributed by atoms with Crippen LogP contribution < -0.4 is 0 Å². The molecule has 0 unspecified atom stereocenters. The molecule has 1 aromatic rings. The molecule has 20 heavy (non-hydrogen) atoms. The SMILES string of the molecule is CN(Cc1ccc(C(F)(F)F)cc1)CC1(CO)COC1. The average molecular weight is 289 g/mol. The zero-order valence-electron chi connectivity index (χ0n) is 11.3. The summed E-state index contributed by atoms with van der Waals surface area (Å²) >= 11 is 0. The molecule has 2 rings (SSSR count). The number of hydrogen-bond donors (Lipinski definition) is 1. The first-order valence-electron chi connectivity index (χ1n) is 6.38. The van der Waals surface area contributed by atoms with Gasteiger partial charge in [-0.05, 0) is 24.7 Å². The highest BCUT2D eigenvalue weighted by molar-refractivity contribution is 5.24. The lowest BCUT2D eigenvalue weighted by molar-refractivity contribution is -0.147. The van der Waals surface area contributed by atoms with Gasteiger partial charge in [0.25, 0.3) is 0 Å². The molecular formula is C14H18F3NO2. The molecule has 1 N–H and O–H groups in total. The lowest BCUT2D eigenvalue weighted by atomic mass is 9.86. The van der Waals surface area contributed by atoms with Gasteiger partial charge in [-0.25, -0.2) is 0 Å². The Morgan fingerprint density at radius 3 is 2.25 bits per heavy atom. The van der Waals surface area contributed by atoms with E-state index in [0.29, 0.717) is 26.3 Å². The summed E-state index contributed by atoms with van der Waals surface area (Å²) in [7, 11) is 1.88. The van der Waals surface area contributed by atoms with Crippen LogP contribution in [-0.4, -0.2) is 43.4 Å².